The van der Waals surface area contributed by atoms with Crippen molar-refractivity contribution in [3.8, 4) is 11.5 Å². The maximum Gasteiger partial charge on any atom is 0.164 e. The van der Waals surface area contributed by atoms with Crippen LogP contribution in [0.1, 0.15) is 5.56 Å². The van der Waals surface area contributed by atoms with Gasteiger partial charge in [-0.1, -0.05) is 0 Å². The molecule has 1 heterocycles. The molecule has 1 aliphatic rings. The lowest BCUT2D eigenvalue weighted by molar-refractivity contribution is 0.291. The fourth-order valence-electron chi connectivity index (χ4n) is 1.51. The molecular formula is C10H12FNO2. The highest BCUT2D eigenvalue weighted by Gasteiger charge is 2.18. The van der Waals surface area contributed by atoms with Crippen LogP contribution in [0.25, 0.3) is 0 Å². The second-order valence-electron chi connectivity index (χ2n) is 3.13. The number of ether oxygens (including phenoxy) is 2. The van der Waals surface area contributed by atoms with E-state index in [1.807, 2.05) is 0 Å². The first kappa shape index (κ1) is 9.27. The van der Waals surface area contributed by atoms with Crippen LogP contribution in [0.2, 0.25) is 0 Å². The van der Waals surface area contributed by atoms with Gasteiger partial charge >= 0.3 is 0 Å². The standard InChI is InChI=1S/C10H12FNO2/c11-8-5-7-1-3-14-10(7)9(6-8)13-4-2-12/h5-6H,1-4,12H2. The van der Waals surface area contributed by atoms with Crippen LogP contribution in [0.5, 0.6) is 11.5 Å². The van der Waals surface area contributed by atoms with E-state index >= 15 is 0 Å². The molecule has 0 spiro atoms. The second-order valence-corrected chi connectivity index (χ2v) is 3.13. The minimum atomic E-state index is -0.290. The van der Waals surface area contributed by atoms with E-state index in [0.29, 0.717) is 31.3 Å². The first-order chi connectivity index (χ1) is 6.81. The smallest absolute Gasteiger partial charge is 0.164 e. The van der Waals surface area contributed by atoms with Crippen LogP contribution in [0, 0.1) is 5.82 Å². The van der Waals surface area contributed by atoms with Gasteiger partial charge in [-0.25, -0.2) is 4.39 Å². The highest BCUT2D eigenvalue weighted by Crippen LogP contribution is 2.36. The first-order valence-corrected chi connectivity index (χ1v) is 4.59. The lowest BCUT2D eigenvalue weighted by Crippen LogP contribution is -2.11. The Hall–Kier alpha value is -1.29. The van der Waals surface area contributed by atoms with Gasteiger partial charge in [0.25, 0.3) is 0 Å². The molecule has 0 bridgehead atoms. The summed E-state index contributed by atoms with van der Waals surface area (Å²) in [6, 6.07) is 2.82. The van der Waals surface area contributed by atoms with E-state index in [1.165, 1.54) is 12.1 Å². The van der Waals surface area contributed by atoms with E-state index in [2.05, 4.69) is 0 Å². The number of benzene rings is 1. The molecule has 2 N–H and O–H groups in total. The Morgan fingerprint density at radius 2 is 2.36 bits per heavy atom. The molecule has 0 radical (unpaired) electrons. The van der Waals surface area contributed by atoms with Crippen molar-refractivity contribution in [1.82, 2.24) is 0 Å². The highest BCUT2D eigenvalue weighted by molar-refractivity contribution is 5.49. The molecule has 76 valence electrons. The first-order valence-electron chi connectivity index (χ1n) is 4.59. The Bertz CT molecular complexity index is 341. The summed E-state index contributed by atoms with van der Waals surface area (Å²) in [5.74, 6) is 0.837. The average molecular weight is 197 g/mol. The summed E-state index contributed by atoms with van der Waals surface area (Å²) in [5, 5.41) is 0. The lowest BCUT2D eigenvalue weighted by atomic mass is 10.1. The number of rotatable bonds is 3. The summed E-state index contributed by atoms with van der Waals surface area (Å²) < 4.78 is 23.7. The molecule has 1 aromatic carbocycles. The zero-order valence-corrected chi connectivity index (χ0v) is 7.75. The van der Waals surface area contributed by atoms with Crippen LogP contribution in [-0.4, -0.2) is 19.8 Å². The normalized spacial score (nSPS) is 13.6. The van der Waals surface area contributed by atoms with Gasteiger partial charge in [0.05, 0.1) is 6.61 Å². The van der Waals surface area contributed by atoms with Gasteiger partial charge in [-0.15, -0.1) is 0 Å². The molecule has 0 saturated carbocycles. The molecule has 0 aliphatic carbocycles. The Kier molecular flexibility index (Phi) is 2.54. The summed E-state index contributed by atoms with van der Waals surface area (Å²) in [5.41, 5.74) is 6.17. The molecule has 0 unspecified atom stereocenters. The van der Waals surface area contributed by atoms with Gasteiger partial charge in [0.1, 0.15) is 12.4 Å². The van der Waals surface area contributed by atoms with Crippen molar-refractivity contribution in [2.24, 2.45) is 5.73 Å². The van der Waals surface area contributed by atoms with E-state index in [1.54, 1.807) is 0 Å². The van der Waals surface area contributed by atoms with Gasteiger partial charge in [-0.05, 0) is 6.07 Å². The van der Waals surface area contributed by atoms with E-state index in [-0.39, 0.29) is 5.82 Å². The van der Waals surface area contributed by atoms with Crippen molar-refractivity contribution in [3.05, 3.63) is 23.5 Å². The molecule has 3 nitrogen and oxygen atoms in total. The zero-order chi connectivity index (χ0) is 9.97. The predicted molar refractivity (Wildman–Crippen MR) is 50.1 cm³/mol. The van der Waals surface area contributed by atoms with E-state index in [9.17, 15) is 4.39 Å². The molecule has 0 amide bonds. The van der Waals surface area contributed by atoms with Crippen LogP contribution in [0.3, 0.4) is 0 Å². The third-order valence-electron chi connectivity index (χ3n) is 2.09. The summed E-state index contributed by atoms with van der Waals surface area (Å²) >= 11 is 0. The monoisotopic (exact) mass is 197 g/mol. The SMILES string of the molecule is NCCOc1cc(F)cc2c1OCC2. The Labute approximate surface area is 81.6 Å². The van der Waals surface area contributed by atoms with E-state index in [4.69, 9.17) is 15.2 Å². The van der Waals surface area contributed by atoms with Crippen LogP contribution in [-0.2, 0) is 6.42 Å². The van der Waals surface area contributed by atoms with Crippen LogP contribution in [0.15, 0.2) is 12.1 Å². The minimum Gasteiger partial charge on any atom is -0.489 e. The van der Waals surface area contributed by atoms with Crippen molar-refractivity contribution < 1.29 is 13.9 Å². The number of nitrogens with two attached hydrogens (primary N) is 1. The average Bonchev–Trinajstić information content (AvgIpc) is 2.61. The van der Waals surface area contributed by atoms with Crippen molar-refractivity contribution in [2.45, 2.75) is 6.42 Å². The third-order valence-corrected chi connectivity index (χ3v) is 2.09. The van der Waals surface area contributed by atoms with Crippen molar-refractivity contribution >= 4 is 0 Å². The Morgan fingerprint density at radius 3 is 3.14 bits per heavy atom. The largest absolute Gasteiger partial charge is 0.489 e. The van der Waals surface area contributed by atoms with Gasteiger partial charge in [0, 0.05) is 24.6 Å². The zero-order valence-electron chi connectivity index (χ0n) is 7.75. The van der Waals surface area contributed by atoms with Crippen LogP contribution < -0.4 is 15.2 Å². The fraction of sp³-hybridized carbons (Fsp3) is 0.400. The number of fused-ring (bicyclic) bond motifs is 1. The molecular weight excluding hydrogens is 185 g/mol. The van der Waals surface area contributed by atoms with Gasteiger partial charge < -0.3 is 15.2 Å². The molecule has 0 atom stereocenters. The molecule has 4 heteroatoms. The highest BCUT2D eigenvalue weighted by atomic mass is 19.1. The van der Waals surface area contributed by atoms with Gasteiger partial charge in [-0.2, -0.15) is 0 Å². The van der Waals surface area contributed by atoms with Gasteiger partial charge in [-0.3, -0.25) is 0 Å². The molecule has 0 saturated heterocycles. The molecule has 0 fully saturated rings. The van der Waals surface area contributed by atoms with Crippen molar-refractivity contribution in [1.29, 1.82) is 0 Å². The van der Waals surface area contributed by atoms with Crippen LogP contribution in [0.4, 0.5) is 4.39 Å². The summed E-state index contributed by atoms with van der Waals surface area (Å²) in [6.07, 6.45) is 0.742. The van der Waals surface area contributed by atoms with Gasteiger partial charge in [0.2, 0.25) is 0 Å². The quantitative estimate of drug-likeness (QED) is 0.789. The second kappa shape index (κ2) is 3.84. The molecule has 1 aromatic rings. The number of halogens is 1. The summed E-state index contributed by atoms with van der Waals surface area (Å²) in [4.78, 5) is 0. The summed E-state index contributed by atoms with van der Waals surface area (Å²) in [6.45, 7) is 1.38. The Balaban J connectivity index is 2.29. The van der Waals surface area contributed by atoms with Crippen LogP contribution >= 0.6 is 0 Å². The Morgan fingerprint density at radius 1 is 1.50 bits per heavy atom. The molecule has 0 aromatic heterocycles. The fourth-order valence-corrected chi connectivity index (χ4v) is 1.51. The minimum absolute atomic E-state index is 0.290. The van der Waals surface area contributed by atoms with Gasteiger partial charge in [0.15, 0.2) is 11.5 Å². The van der Waals surface area contributed by atoms with E-state index in [0.717, 1.165) is 12.0 Å². The van der Waals surface area contributed by atoms with Crippen molar-refractivity contribution in [3.63, 3.8) is 0 Å². The molecule has 2 rings (SSSR count). The summed E-state index contributed by atoms with van der Waals surface area (Å²) in [7, 11) is 0. The third kappa shape index (κ3) is 1.65. The number of hydrogen-bond donors (Lipinski definition) is 1. The number of hydrogen-bond acceptors (Lipinski definition) is 3. The lowest BCUT2D eigenvalue weighted by Gasteiger charge is -2.09. The maximum atomic E-state index is 13.1. The maximum absolute atomic E-state index is 13.1. The van der Waals surface area contributed by atoms with Crippen molar-refractivity contribution in [2.75, 3.05) is 19.8 Å². The topological polar surface area (TPSA) is 44.5 Å². The van der Waals surface area contributed by atoms with E-state index < -0.39 is 0 Å². The molecule has 14 heavy (non-hydrogen) atoms. The predicted octanol–water partition coefficient (Wildman–Crippen LogP) is 1.10. The molecule has 1 aliphatic heterocycles.